The van der Waals surface area contributed by atoms with Gasteiger partial charge in [-0.25, -0.2) is 0 Å². The molecule has 0 bridgehead atoms. The van der Waals surface area contributed by atoms with E-state index in [1.807, 2.05) is 0 Å². The Hall–Kier alpha value is -1.25. The maximum absolute atomic E-state index is 11.6. The molecule has 1 heterocycles. The first-order chi connectivity index (χ1) is 7.20. The Morgan fingerprint density at radius 1 is 1.00 bits per heavy atom. The van der Waals surface area contributed by atoms with Crippen LogP contribution >= 0.6 is 23.2 Å². The fourth-order valence-corrected chi connectivity index (χ4v) is 1.97. The number of hydrogen-bond acceptors (Lipinski definition) is 1. The van der Waals surface area contributed by atoms with Crippen molar-refractivity contribution in [2.45, 2.75) is 0 Å². The summed E-state index contributed by atoms with van der Waals surface area (Å²) in [4.78, 5) is 14.1. The van der Waals surface area contributed by atoms with Crippen LogP contribution in [-0.2, 0) is 0 Å². The van der Waals surface area contributed by atoms with Crippen LogP contribution in [-0.4, -0.2) is 4.98 Å². The van der Waals surface area contributed by atoms with E-state index in [1.165, 1.54) is 0 Å². The molecule has 0 unspecified atom stereocenters. The zero-order valence-corrected chi connectivity index (χ0v) is 9.14. The highest BCUT2D eigenvalue weighted by Gasteiger charge is 2.10. The van der Waals surface area contributed by atoms with Crippen molar-refractivity contribution in [2.24, 2.45) is 0 Å². The fraction of sp³-hybridized carbons (Fsp3) is 0. The topological polar surface area (TPSA) is 32.9 Å². The Labute approximate surface area is 96.5 Å². The van der Waals surface area contributed by atoms with Gasteiger partial charge in [0, 0.05) is 17.3 Å². The molecule has 1 N–H and O–H groups in total. The van der Waals surface area contributed by atoms with Crippen molar-refractivity contribution in [2.75, 3.05) is 0 Å². The minimum absolute atomic E-state index is 0.201. The Kier molecular flexibility index (Phi) is 2.80. The van der Waals surface area contributed by atoms with Gasteiger partial charge in [0.2, 0.25) is 0 Å². The van der Waals surface area contributed by atoms with Crippen molar-refractivity contribution in [1.29, 1.82) is 0 Å². The molecule has 0 radical (unpaired) electrons. The summed E-state index contributed by atoms with van der Waals surface area (Å²) in [5.41, 5.74) is 0.850. The van der Waals surface area contributed by atoms with Gasteiger partial charge in [0.1, 0.15) is 0 Å². The second kappa shape index (κ2) is 4.09. The molecule has 0 amide bonds. The smallest absolute Gasteiger partial charge is 0.255 e. The molecule has 0 spiro atoms. The van der Waals surface area contributed by atoms with Gasteiger partial charge in [0.25, 0.3) is 5.56 Å². The van der Waals surface area contributed by atoms with Crippen LogP contribution in [0.4, 0.5) is 0 Å². The van der Waals surface area contributed by atoms with Crippen molar-refractivity contribution in [3.8, 4) is 11.1 Å². The Morgan fingerprint density at radius 3 is 2.27 bits per heavy atom. The molecule has 2 rings (SSSR count). The number of H-pyrrole nitrogens is 1. The summed E-state index contributed by atoms with van der Waals surface area (Å²) in [5, 5.41) is 0.943. The van der Waals surface area contributed by atoms with Gasteiger partial charge in [0.15, 0.2) is 0 Å². The number of benzene rings is 1. The van der Waals surface area contributed by atoms with Crippen LogP contribution in [0.25, 0.3) is 11.1 Å². The van der Waals surface area contributed by atoms with Crippen LogP contribution in [0.1, 0.15) is 0 Å². The lowest BCUT2D eigenvalue weighted by atomic mass is 10.1. The molecule has 2 aromatic rings. The molecule has 4 heteroatoms. The minimum Gasteiger partial charge on any atom is -0.329 e. The highest BCUT2D eigenvalue weighted by molar-refractivity contribution is 6.39. The zero-order chi connectivity index (χ0) is 10.8. The molecular weight excluding hydrogens is 233 g/mol. The summed E-state index contributed by atoms with van der Waals surface area (Å²) in [6.45, 7) is 0. The van der Waals surface area contributed by atoms with Crippen molar-refractivity contribution in [1.82, 2.24) is 4.98 Å². The SMILES string of the molecule is O=c1[nH]cccc1-c1c(Cl)cccc1Cl. The quantitative estimate of drug-likeness (QED) is 0.814. The summed E-state index contributed by atoms with van der Waals surface area (Å²) < 4.78 is 0. The third-order valence-electron chi connectivity index (χ3n) is 2.05. The van der Waals surface area contributed by atoms with Gasteiger partial charge in [-0.2, -0.15) is 0 Å². The van der Waals surface area contributed by atoms with E-state index >= 15 is 0 Å². The predicted molar refractivity (Wildman–Crippen MR) is 62.5 cm³/mol. The van der Waals surface area contributed by atoms with Crippen molar-refractivity contribution in [3.05, 3.63) is 56.9 Å². The highest BCUT2D eigenvalue weighted by atomic mass is 35.5. The third kappa shape index (κ3) is 1.91. The maximum Gasteiger partial charge on any atom is 0.255 e. The Morgan fingerprint density at radius 2 is 1.67 bits per heavy atom. The summed E-state index contributed by atoms with van der Waals surface area (Å²) in [6.07, 6.45) is 1.57. The molecule has 76 valence electrons. The van der Waals surface area contributed by atoms with E-state index in [0.717, 1.165) is 0 Å². The van der Waals surface area contributed by atoms with Crippen LogP contribution in [0.15, 0.2) is 41.3 Å². The summed E-state index contributed by atoms with van der Waals surface area (Å²) in [6, 6.07) is 8.57. The lowest BCUT2D eigenvalue weighted by Crippen LogP contribution is -2.07. The molecule has 0 saturated heterocycles. The average Bonchev–Trinajstić information content (AvgIpc) is 2.20. The minimum atomic E-state index is -0.201. The van der Waals surface area contributed by atoms with Crippen LogP contribution < -0.4 is 5.56 Å². The van der Waals surface area contributed by atoms with Gasteiger partial charge in [-0.05, 0) is 24.3 Å². The number of pyridine rings is 1. The van der Waals surface area contributed by atoms with E-state index in [-0.39, 0.29) is 5.56 Å². The van der Waals surface area contributed by atoms with Gasteiger partial charge in [-0.1, -0.05) is 29.3 Å². The van der Waals surface area contributed by atoms with Gasteiger partial charge < -0.3 is 4.98 Å². The molecular formula is C11H7Cl2NO. The first kappa shape index (κ1) is 10.3. The molecule has 1 aromatic carbocycles. The summed E-state index contributed by atoms with van der Waals surface area (Å²) in [7, 11) is 0. The van der Waals surface area contributed by atoms with Gasteiger partial charge >= 0.3 is 0 Å². The summed E-state index contributed by atoms with van der Waals surface area (Å²) >= 11 is 12.0. The second-order valence-corrected chi connectivity index (χ2v) is 3.82. The third-order valence-corrected chi connectivity index (χ3v) is 2.68. The Balaban J connectivity index is 2.75. The number of aromatic nitrogens is 1. The van der Waals surface area contributed by atoms with Crippen molar-refractivity contribution in [3.63, 3.8) is 0 Å². The molecule has 0 saturated carbocycles. The van der Waals surface area contributed by atoms with Crippen molar-refractivity contribution < 1.29 is 0 Å². The molecule has 0 aliphatic carbocycles. The maximum atomic E-state index is 11.6. The molecule has 2 nitrogen and oxygen atoms in total. The monoisotopic (exact) mass is 239 g/mol. The molecule has 0 fully saturated rings. The molecule has 15 heavy (non-hydrogen) atoms. The van der Waals surface area contributed by atoms with E-state index in [0.29, 0.717) is 21.2 Å². The number of aromatic amines is 1. The van der Waals surface area contributed by atoms with Crippen molar-refractivity contribution >= 4 is 23.2 Å². The standard InChI is InChI=1S/C11H7Cl2NO/c12-8-4-1-5-9(13)10(8)7-3-2-6-14-11(7)15/h1-6H,(H,14,15). The number of hydrogen-bond donors (Lipinski definition) is 1. The van der Waals surface area contributed by atoms with Crippen LogP contribution in [0.5, 0.6) is 0 Å². The molecule has 0 aliphatic heterocycles. The van der Waals surface area contributed by atoms with Gasteiger partial charge in [-0.3, -0.25) is 4.79 Å². The van der Waals surface area contributed by atoms with E-state index in [9.17, 15) is 4.79 Å². The lowest BCUT2D eigenvalue weighted by molar-refractivity contribution is 1.24. The van der Waals surface area contributed by atoms with Crippen LogP contribution in [0.3, 0.4) is 0 Å². The number of halogens is 2. The van der Waals surface area contributed by atoms with Gasteiger partial charge in [0.05, 0.1) is 10.0 Å². The second-order valence-electron chi connectivity index (χ2n) is 3.01. The predicted octanol–water partition coefficient (Wildman–Crippen LogP) is 3.35. The normalized spacial score (nSPS) is 10.3. The Bertz CT molecular complexity index is 528. The number of nitrogens with one attached hydrogen (secondary N) is 1. The average molecular weight is 240 g/mol. The van der Waals surface area contributed by atoms with E-state index in [4.69, 9.17) is 23.2 Å². The van der Waals surface area contributed by atoms with E-state index < -0.39 is 0 Å². The lowest BCUT2D eigenvalue weighted by Gasteiger charge is -2.05. The highest BCUT2D eigenvalue weighted by Crippen LogP contribution is 2.32. The van der Waals surface area contributed by atoms with E-state index in [1.54, 1.807) is 36.5 Å². The largest absolute Gasteiger partial charge is 0.329 e. The molecule has 0 atom stereocenters. The fourth-order valence-electron chi connectivity index (χ4n) is 1.37. The number of rotatable bonds is 1. The summed E-state index contributed by atoms with van der Waals surface area (Å²) in [5.74, 6) is 0. The van der Waals surface area contributed by atoms with Crippen LogP contribution in [0.2, 0.25) is 10.0 Å². The molecule has 0 aliphatic rings. The first-order valence-electron chi connectivity index (χ1n) is 4.32. The first-order valence-corrected chi connectivity index (χ1v) is 5.08. The van der Waals surface area contributed by atoms with Gasteiger partial charge in [-0.15, -0.1) is 0 Å². The van der Waals surface area contributed by atoms with Crippen LogP contribution in [0, 0.1) is 0 Å². The zero-order valence-electron chi connectivity index (χ0n) is 7.63. The van der Waals surface area contributed by atoms with E-state index in [2.05, 4.69) is 4.98 Å². The molecule has 1 aromatic heterocycles.